The molecule has 17 heavy (non-hydrogen) atoms. The van der Waals surface area contributed by atoms with E-state index in [1.807, 2.05) is 0 Å². The van der Waals surface area contributed by atoms with E-state index < -0.39 is 0 Å². The molecule has 0 aromatic rings. The molecule has 1 saturated heterocycles. The summed E-state index contributed by atoms with van der Waals surface area (Å²) in [5.74, 6) is 0.246. The molecule has 2 aliphatic rings. The molecule has 0 spiro atoms. The molecule has 0 aromatic heterocycles. The van der Waals surface area contributed by atoms with Crippen LogP contribution in [0.1, 0.15) is 40.0 Å². The van der Waals surface area contributed by atoms with E-state index in [1.165, 1.54) is 0 Å². The Balaban J connectivity index is 2.08. The van der Waals surface area contributed by atoms with Crippen LogP contribution in [0, 0.1) is 5.41 Å². The third-order valence-corrected chi connectivity index (χ3v) is 4.42. The Hall–Kier alpha value is -0.610. The second-order valence-corrected chi connectivity index (χ2v) is 5.78. The minimum absolute atomic E-state index is 0.0718. The summed E-state index contributed by atoms with van der Waals surface area (Å²) in [6, 6.07) is 0.325. The SMILES string of the molecule is CCCC1NCC(=O)N1C1CC(OC)C1(C)C. The van der Waals surface area contributed by atoms with Crippen LogP contribution >= 0.6 is 0 Å². The number of nitrogens with one attached hydrogen (secondary N) is 1. The fraction of sp³-hybridized carbons (Fsp3) is 0.923. The molecular weight excluding hydrogens is 216 g/mol. The Kier molecular flexibility index (Phi) is 3.46. The Bertz CT molecular complexity index is 304. The van der Waals surface area contributed by atoms with E-state index in [2.05, 4.69) is 31.0 Å². The van der Waals surface area contributed by atoms with Gasteiger partial charge in [-0.1, -0.05) is 27.2 Å². The van der Waals surface area contributed by atoms with Crippen molar-refractivity contribution < 1.29 is 9.53 Å². The average Bonchev–Trinajstić information content (AvgIpc) is 2.61. The van der Waals surface area contributed by atoms with Crippen molar-refractivity contribution in [1.29, 1.82) is 0 Å². The summed E-state index contributed by atoms with van der Waals surface area (Å²) in [5.41, 5.74) is 0.0718. The number of nitrogens with zero attached hydrogens (tertiary/aromatic N) is 1. The smallest absolute Gasteiger partial charge is 0.238 e. The molecule has 1 aliphatic carbocycles. The number of ether oxygens (including phenoxy) is 1. The number of carbonyl (C=O) groups excluding carboxylic acids is 1. The standard InChI is InChI=1S/C13H24N2O2/c1-5-6-11-14-8-12(16)15(11)9-7-10(17-4)13(9,2)3/h9-11,14H,5-8H2,1-4H3. The molecule has 1 heterocycles. The monoisotopic (exact) mass is 240 g/mol. The summed E-state index contributed by atoms with van der Waals surface area (Å²) >= 11 is 0. The van der Waals surface area contributed by atoms with Gasteiger partial charge in [-0.25, -0.2) is 0 Å². The van der Waals surface area contributed by atoms with Crippen LogP contribution < -0.4 is 5.32 Å². The molecule has 3 unspecified atom stereocenters. The molecule has 2 rings (SSSR count). The zero-order valence-corrected chi connectivity index (χ0v) is 11.3. The highest BCUT2D eigenvalue weighted by molar-refractivity contribution is 5.81. The largest absolute Gasteiger partial charge is 0.381 e. The highest BCUT2D eigenvalue weighted by atomic mass is 16.5. The number of rotatable bonds is 4. The Morgan fingerprint density at radius 2 is 2.24 bits per heavy atom. The molecule has 1 aliphatic heterocycles. The molecule has 1 N–H and O–H groups in total. The molecule has 98 valence electrons. The number of amides is 1. The fourth-order valence-corrected chi connectivity index (χ4v) is 3.21. The number of hydrogen-bond acceptors (Lipinski definition) is 3. The minimum atomic E-state index is 0.0718. The molecule has 0 radical (unpaired) electrons. The van der Waals surface area contributed by atoms with E-state index in [0.717, 1.165) is 19.3 Å². The molecule has 1 amide bonds. The second-order valence-electron chi connectivity index (χ2n) is 5.78. The van der Waals surface area contributed by atoms with Crippen molar-refractivity contribution in [3.05, 3.63) is 0 Å². The highest BCUT2D eigenvalue weighted by Crippen LogP contribution is 2.46. The Morgan fingerprint density at radius 3 is 2.76 bits per heavy atom. The predicted molar refractivity (Wildman–Crippen MR) is 66.5 cm³/mol. The zero-order chi connectivity index (χ0) is 12.6. The van der Waals surface area contributed by atoms with Crippen molar-refractivity contribution in [2.75, 3.05) is 13.7 Å². The number of carbonyl (C=O) groups is 1. The maximum Gasteiger partial charge on any atom is 0.238 e. The first-order chi connectivity index (χ1) is 8.02. The summed E-state index contributed by atoms with van der Waals surface area (Å²) in [7, 11) is 1.76. The molecule has 4 heteroatoms. The number of hydrogen-bond donors (Lipinski definition) is 1. The molecule has 3 atom stereocenters. The first-order valence-electron chi connectivity index (χ1n) is 6.59. The van der Waals surface area contributed by atoms with Gasteiger partial charge in [-0.15, -0.1) is 0 Å². The van der Waals surface area contributed by atoms with E-state index in [9.17, 15) is 4.79 Å². The lowest BCUT2D eigenvalue weighted by Gasteiger charge is -2.55. The van der Waals surface area contributed by atoms with Gasteiger partial charge in [0, 0.05) is 18.6 Å². The lowest BCUT2D eigenvalue weighted by atomic mass is 9.63. The molecule has 2 fully saturated rings. The van der Waals surface area contributed by atoms with Gasteiger partial charge in [-0.2, -0.15) is 0 Å². The maximum atomic E-state index is 12.0. The van der Waals surface area contributed by atoms with E-state index in [4.69, 9.17) is 4.74 Å². The van der Waals surface area contributed by atoms with E-state index in [-0.39, 0.29) is 23.6 Å². The van der Waals surface area contributed by atoms with Crippen LogP contribution in [0.4, 0.5) is 0 Å². The van der Waals surface area contributed by atoms with Crippen molar-refractivity contribution >= 4 is 5.91 Å². The van der Waals surface area contributed by atoms with Crippen LogP contribution in [0.2, 0.25) is 0 Å². The van der Waals surface area contributed by atoms with Gasteiger partial charge in [-0.05, 0) is 12.8 Å². The van der Waals surface area contributed by atoms with Gasteiger partial charge in [0.25, 0.3) is 0 Å². The first kappa shape index (κ1) is 12.8. The van der Waals surface area contributed by atoms with Crippen molar-refractivity contribution in [3.8, 4) is 0 Å². The van der Waals surface area contributed by atoms with Crippen LogP contribution in [0.15, 0.2) is 0 Å². The van der Waals surface area contributed by atoms with Crippen LogP contribution in [-0.4, -0.2) is 42.8 Å². The lowest BCUT2D eigenvalue weighted by molar-refractivity contribution is -0.161. The summed E-state index contributed by atoms with van der Waals surface area (Å²) < 4.78 is 5.46. The molecule has 1 saturated carbocycles. The summed E-state index contributed by atoms with van der Waals surface area (Å²) in [5, 5.41) is 3.31. The average molecular weight is 240 g/mol. The van der Waals surface area contributed by atoms with Gasteiger partial charge in [0.2, 0.25) is 5.91 Å². The summed E-state index contributed by atoms with van der Waals surface area (Å²) in [6.45, 7) is 7.05. The van der Waals surface area contributed by atoms with Gasteiger partial charge in [0.15, 0.2) is 0 Å². The normalized spacial score (nSPS) is 36.1. The topological polar surface area (TPSA) is 41.6 Å². The van der Waals surface area contributed by atoms with Crippen LogP contribution in [-0.2, 0) is 9.53 Å². The van der Waals surface area contributed by atoms with E-state index >= 15 is 0 Å². The van der Waals surface area contributed by atoms with Gasteiger partial charge in [0.1, 0.15) is 0 Å². The van der Waals surface area contributed by atoms with Gasteiger partial charge >= 0.3 is 0 Å². The van der Waals surface area contributed by atoms with Gasteiger partial charge in [-0.3, -0.25) is 10.1 Å². The third-order valence-electron chi connectivity index (χ3n) is 4.42. The van der Waals surface area contributed by atoms with Crippen LogP contribution in [0.5, 0.6) is 0 Å². The minimum Gasteiger partial charge on any atom is -0.381 e. The quantitative estimate of drug-likeness (QED) is 0.806. The Labute approximate surface area is 104 Å². The molecule has 4 nitrogen and oxygen atoms in total. The first-order valence-corrected chi connectivity index (χ1v) is 6.59. The van der Waals surface area contributed by atoms with Gasteiger partial charge in [0.05, 0.1) is 18.8 Å². The summed E-state index contributed by atoms with van der Waals surface area (Å²) in [4.78, 5) is 14.1. The highest BCUT2D eigenvalue weighted by Gasteiger charge is 2.54. The van der Waals surface area contributed by atoms with Crippen molar-refractivity contribution in [3.63, 3.8) is 0 Å². The van der Waals surface area contributed by atoms with Crippen molar-refractivity contribution in [2.24, 2.45) is 5.41 Å². The predicted octanol–water partition coefficient (Wildman–Crippen LogP) is 1.36. The Morgan fingerprint density at radius 1 is 1.53 bits per heavy atom. The lowest BCUT2D eigenvalue weighted by Crippen LogP contribution is -2.64. The van der Waals surface area contributed by atoms with Crippen molar-refractivity contribution in [1.82, 2.24) is 10.2 Å². The van der Waals surface area contributed by atoms with Crippen LogP contribution in [0.3, 0.4) is 0 Å². The number of methoxy groups -OCH3 is 1. The van der Waals surface area contributed by atoms with Crippen LogP contribution in [0.25, 0.3) is 0 Å². The maximum absolute atomic E-state index is 12.0. The second kappa shape index (κ2) is 4.58. The molecule has 0 bridgehead atoms. The summed E-state index contributed by atoms with van der Waals surface area (Å²) in [6.07, 6.45) is 3.62. The molecule has 0 aromatic carbocycles. The van der Waals surface area contributed by atoms with Gasteiger partial charge < -0.3 is 9.64 Å². The third kappa shape index (κ3) is 1.97. The fourth-order valence-electron chi connectivity index (χ4n) is 3.21. The zero-order valence-electron chi connectivity index (χ0n) is 11.3. The van der Waals surface area contributed by atoms with E-state index in [1.54, 1.807) is 7.11 Å². The van der Waals surface area contributed by atoms with E-state index in [0.29, 0.717) is 12.6 Å². The van der Waals surface area contributed by atoms with Crippen molar-refractivity contribution in [2.45, 2.75) is 58.3 Å². The molecular formula is C13H24N2O2.